The van der Waals surface area contributed by atoms with E-state index in [-0.39, 0.29) is 16.9 Å². The molecule has 5 rings (SSSR count). The van der Waals surface area contributed by atoms with Crippen molar-refractivity contribution in [2.24, 2.45) is 5.92 Å². The number of phenolic OH excluding ortho intramolecular Hbond substituents is 1. The normalized spacial score (nSPS) is 37.3. The van der Waals surface area contributed by atoms with Crippen LogP contribution in [0.1, 0.15) is 30.4 Å². The number of ether oxygens (including phenoxy) is 2. The van der Waals surface area contributed by atoms with Gasteiger partial charge >= 0.3 is 0 Å². The van der Waals surface area contributed by atoms with Gasteiger partial charge in [0, 0.05) is 35.1 Å². The van der Waals surface area contributed by atoms with Crippen LogP contribution in [0, 0.1) is 5.92 Å². The number of methoxy groups -OCH3 is 1. The molecule has 2 heterocycles. The Balaban J connectivity index is 1.84. The van der Waals surface area contributed by atoms with E-state index in [4.69, 9.17) is 9.47 Å². The summed E-state index contributed by atoms with van der Waals surface area (Å²) >= 11 is 0. The van der Waals surface area contributed by atoms with Gasteiger partial charge in [-0.15, -0.1) is 0 Å². The molecule has 0 aromatic heterocycles. The highest BCUT2D eigenvalue weighted by atomic mass is 16.5. The van der Waals surface area contributed by atoms with Crippen molar-refractivity contribution in [2.45, 2.75) is 43.2 Å². The standard InChI is InChI=1S/C18H21NO4/c1-19-6-5-18-10-3-4-12(20)17(18)23-16-14(22-2)8-13(21)9(15(16)18)7-11(10)19/h8,10-11,17,21H,3-7H2,1-2H3/t10-,11+,17-,18-/m0/s1. The summed E-state index contributed by atoms with van der Waals surface area (Å²) in [5.74, 6) is 2.16. The van der Waals surface area contributed by atoms with Crippen molar-refractivity contribution in [3.8, 4) is 17.2 Å². The summed E-state index contributed by atoms with van der Waals surface area (Å²) in [6, 6.07) is 2.02. The minimum Gasteiger partial charge on any atom is -0.508 e. The van der Waals surface area contributed by atoms with Crippen LogP contribution in [0.4, 0.5) is 0 Å². The van der Waals surface area contributed by atoms with Gasteiger partial charge in [0.1, 0.15) is 5.75 Å². The fourth-order valence-corrected chi connectivity index (χ4v) is 5.72. The van der Waals surface area contributed by atoms with Crippen LogP contribution in [0.5, 0.6) is 17.2 Å². The first kappa shape index (κ1) is 13.7. The number of Topliss-reactive ketones (excluding diaryl/α,β-unsaturated/α-hetero) is 1. The van der Waals surface area contributed by atoms with Crippen molar-refractivity contribution in [3.63, 3.8) is 0 Å². The van der Waals surface area contributed by atoms with E-state index in [1.807, 2.05) is 0 Å². The average Bonchev–Trinajstić information content (AvgIpc) is 2.89. The summed E-state index contributed by atoms with van der Waals surface area (Å²) in [6.45, 7) is 0.963. The Bertz CT molecular complexity index is 730. The number of carbonyl (C=O) groups excluding carboxylic acids is 1. The maximum Gasteiger partial charge on any atom is 0.174 e. The lowest BCUT2D eigenvalue weighted by molar-refractivity contribution is -0.138. The molecule has 2 bridgehead atoms. The van der Waals surface area contributed by atoms with Gasteiger partial charge in [0.25, 0.3) is 0 Å². The number of hydrogen-bond acceptors (Lipinski definition) is 5. The van der Waals surface area contributed by atoms with Crippen LogP contribution in [-0.2, 0) is 16.6 Å². The second kappa shape index (κ2) is 4.20. The lowest BCUT2D eigenvalue weighted by Crippen LogP contribution is -2.65. The third-order valence-corrected chi connectivity index (χ3v) is 6.70. The Hall–Kier alpha value is -1.75. The lowest BCUT2D eigenvalue weighted by Gasteiger charge is -2.57. The summed E-state index contributed by atoms with van der Waals surface area (Å²) in [5, 5.41) is 10.6. The third kappa shape index (κ3) is 1.41. The maximum atomic E-state index is 12.6. The van der Waals surface area contributed by atoms with Gasteiger partial charge < -0.3 is 19.5 Å². The molecule has 1 aromatic rings. The summed E-state index contributed by atoms with van der Waals surface area (Å²) in [7, 11) is 3.74. The fourth-order valence-electron chi connectivity index (χ4n) is 5.72. The van der Waals surface area contributed by atoms with Gasteiger partial charge in [-0.05, 0) is 38.8 Å². The van der Waals surface area contributed by atoms with E-state index in [1.165, 1.54) is 0 Å². The molecule has 1 aromatic carbocycles. The molecule has 4 atom stereocenters. The number of phenols is 1. The number of ketones is 1. The Kier molecular flexibility index (Phi) is 2.50. The predicted molar refractivity (Wildman–Crippen MR) is 83.2 cm³/mol. The SMILES string of the molecule is COc1cc(O)c2c3c1O[C@H]1C(=O)CC[C@H]4[C@@H](C2)N(C)CC[C@]314. The topological polar surface area (TPSA) is 59.0 Å². The lowest BCUT2D eigenvalue weighted by atomic mass is 9.51. The molecular formula is C18H21NO4. The number of piperidine rings is 1. The first-order valence-corrected chi connectivity index (χ1v) is 8.41. The summed E-state index contributed by atoms with van der Waals surface area (Å²) in [4.78, 5) is 15.0. The van der Waals surface area contributed by atoms with Crippen molar-refractivity contribution < 1.29 is 19.4 Å². The molecule has 23 heavy (non-hydrogen) atoms. The van der Waals surface area contributed by atoms with Crippen molar-refractivity contribution in [2.75, 3.05) is 20.7 Å². The van der Waals surface area contributed by atoms with Crippen LogP contribution in [-0.4, -0.2) is 48.6 Å². The molecule has 122 valence electrons. The maximum absolute atomic E-state index is 12.6. The highest BCUT2D eigenvalue weighted by Gasteiger charge is 2.66. The Labute approximate surface area is 135 Å². The number of likely N-dealkylation sites (tertiary alicyclic amines) is 1. The quantitative estimate of drug-likeness (QED) is 0.854. The van der Waals surface area contributed by atoms with Crippen LogP contribution in [0.15, 0.2) is 6.07 Å². The zero-order valence-electron chi connectivity index (χ0n) is 13.5. The molecule has 5 heteroatoms. The first-order valence-electron chi connectivity index (χ1n) is 8.41. The Morgan fingerprint density at radius 3 is 3.09 bits per heavy atom. The summed E-state index contributed by atoms with van der Waals surface area (Å²) in [5.41, 5.74) is 1.77. The highest BCUT2D eigenvalue weighted by Crippen LogP contribution is 2.64. The monoisotopic (exact) mass is 315 g/mol. The van der Waals surface area contributed by atoms with E-state index < -0.39 is 6.10 Å². The Morgan fingerprint density at radius 1 is 1.48 bits per heavy atom. The number of benzene rings is 1. The largest absolute Gasteiger partial charge is 0.508 e. The number of nitrogens with zero attached hydrogens (tertiary/aromatic N) is 1. The summed E-state index contributed by atoms with van der Waals surface area (Å²) in [6.07, 6.45) is 2.85. The van der Waals surface area contributed by atoms with Gasteiger partial charge in [0.2, 0.25) is 0 Å². The molecule has 0 unspecified atom stereocenters. The molecule has 5 nitrogen and oxygen atoms in total. The van der Waals surface area contributed by atoms with Crippen molar-refractivity contribution >= 4 is 5.78 Å². The van der Waals surface area contributed by atoms with Gasteiger partial charge in [-0.3, -0.25) is 4.79 Å². The van der Waals surface area contributed by atoms with Crippen LogP contribution in [0.25, 0.3) is 0 Å². The van der Waals surface area contributed by atoms with Crippen molar-refractivity contribution in [3.05, 3.63) is 17.2 Å². The summed E-state index contributed by atoms with van der Waals surface area (Å²) < 4.78 is 11.6. The smallest absolute Gasteiger partial charge is 0.174 e. The van der Waals surface area contributed by atoms with E-state index in [0.717, 1.165) is 36.9 Å². The molecule has 2 aliphatic heterocycles. The van der Waals surface area contributed by atoms with E-state index in [2.05, 4.69) is 11.9 Å². The number of hydrogen-bond donors (Lipinski definition) is 1. The molecule has 2 fully saturated rings. The second-order valence-corrected chi connectivity index (χ2v) is 7.43. The molecule has 1 N–H and O–H groups in total. The zero-order valence-corrected chi connectivity index (χ0v) is 13.5. The van der Waals surface area contributed by atoms with Gasteiger partial charge in [-0.1, -0.05) is 0 Å². The van der Waals surface area contributed by atoms with Gasteiger partial charge in [0.05, 0.1) is 7.11 Å². The van der Waals surface area contributed by atoms with Crippen LogP contribution in [0.2, 0.25) is 0 Å². The molecule has 1 saturated heterocycles. The molecule has 0 amide bonds. The molecule has 0 radical (unpaired) electrons. The van der Waals surface area contributed by atoms with E-state index >= 15 is 0 Å². The molecule has 1 spiro atoms. The zero-order chi connectivity index (χ0) is 15.9. The Morgan fingerprint density at radius 2 is 2.30 bits per heavy atom. The van der Waals surface area contributed by atoms with Gasteiger partial charge in [-0.25, -0.2) is 0 Å². The predicted octanol–water partition coefficient (Wildman–Crippen LogP) is 1.64. The van der Waals surface area contributed by atoms with Crippen molar-refractivity contribution in [1.82, 2.24) is 4.90 Å². The van der Waals surface area contributed by atoms with Gasteiger partial charge in [-0.2, -0.15) is 0 Å². The highest BCUT2D eigenvalue weighted by molar-refractivity contribution is 5.89. The number of aromatic hydroxyl groups is 1. The van der Waals surface area contributed by atoms with E-state index in [9.17, 15) is 9.90 Å². The minimum atomic E-state index is -0.401. The minimum absolute atomic E-state index is 0.204. The molecule has 2 aliphatic carbocycles. The van der Waals surface area contributed by atoms with Gasteiger partial charge in [0.15, 0.2) is 23.4 Å². The van der Waals surface area contributed by atoms with E-state index in [1.54, 1.807) is 13.2 Å². The number of carbonyl (C=O) groups is 1. The first-order chi connectivity index (χ1) is 11.1. The van der Waals surface area contributed by atoms with Crippen molar-refractivity contribution in [1.29, 1.82) is 0 Å². The van der Waals surface area contributed by atoms with Crippen LogP contribution >= 0.6 is 0 Å². The molecular weight excluding hydrogens is 294 g/mol. The average molecular weight is 315 g/mol. The second-order valence-electron chi connectivity index (χ2n) is 7.43. The number of likely N-dealkylation sites (N-methyl/N-ethyl adjacent to an activating group) is 1. The fraction of sp³-hybridized carbons (Fsp3) is 0.611. The van der Waals surface area contributed by atoms with Crippen LogP contribution in [0.3, 0.4) is 0 Å². The molecule has 1 saturated carbocycles. The van der Waals surface area contributed by atoms with E-state index in [0.29, 0.717) is 29.9 Å². The number of rotatable bonds is 1. The van der Waals surface area contributed by atoms with Crippen LogP contribution < -0.4 is 9.47 Å². The third-order valence-electron chi connectivity index (χ3n) is 6.70. The molecule has 4 aliphatic rings.